The molecule has 0 amide bonds. The van der Waals surface area contributed by atoms with E-state index in [2.05, 4.69) is 94.2 Å². The van der Waals surface area contributed by atoms with Crippen molar-refractivity contribution in [3.05, 3.63) is 60.3 Å². The molecule has 0 saturated carbocycles. The van der Waals surface area contributed by atoms with Crippen molar-refractivity contribution in [3.63, 3.8) is 0 Å². The maximum absolute atomic E-state index is 3.71. The van der Waals surface area contributed by atoms with E-state index in [4.69, 9.17) is 0 Å². The molecule has 4 rings (SSSR count). The number of fused-ring (bicyclic) bond motifs is 3. The van der Waals surface area contributed by atoms with Gasteiger partial charge in [-0.05, 0) is 32.1 Å². The number of benzene rings is 2. The first-order chi connectivity index (χ1) is 12.7. The maximum Gasteiger partial charge on any atom is 0.368 e. The van der Waals surface area contributed by atoms with Crippen molar-refractivity contribution in [3.8, 4) is 11.3 Å². The minimum absolute atomic E-state index is 0.979. The molecule has 0 unspecified atom stereocenters. The fraction of sp³-hybridized carbons (Fsp3) is 0.318. The fourth-order valence-electron chi connectivity index (χ4n) is 3.90. The Hall–Kier alpha value is -2.59. The summed E-state index contributed by atoms with van der Waals surface area (Å²) in [6.45, 7) is 10.9. The summed E-state index contributed by atoms with van der Waals surface area (Å²) in [5.41, 5.74) is 6.23. The van der Waals surface area contributed by atoms with Crippen LogP contribution in [0, 0.1) is 6.92 Å². The Morgan fingerprint density at radius 1 is 0.962 bits per heavy atom. The molecule has 4 aromatic rings. The second-order valence-corrected chi connectivity index (χ2v) is 6.78. The molecule has 1 N–H and O–H groups in total. The minimum Gasteiger partial charge on any atom is -0.301 e. The highest BCUT2D eigenvalue weighted by molar-refractivity contribution is 5.78. The molecule has 0 atom stereocenters. The monoisotopic (exact) mass is 347 g/mol. The Morgan fingerprint density at radius 3 is 2.38 bits per heavy atom. The predicted octanol–water partition coefficient (Wildman–Crippen LogP) is 4.03. The summed E-state index contributed by atoms with van der Waals surface area (Å²) in [6, 6.07) is 19.3. The van der Waals surface area contributed by atoms with Gasteiger partial charge in [0.15, 0.2) is 0 Å². The van der Waals surface area contributed by atoms with E-state index in [1.165, 1.54) is 28.0 Å². The van der Waals surface area contributed by atoms with Gasteiger partial charge in [-0.3, -0.25) is 0 Å². The van der Waals surface area contributed by atoms with Crippen molar-refractivity contribution >= 4 is 16.8 Å². The first-order valence-corrected chi connectivity index (χ1v) is 9.54. The summed E-state index contributed by atoms with van der Waals surface area (Å²) in [7, 11) is 0. The molecule has 0 aliphatic rings. The molecule has 2 heterocycles. The molecule has 134 valence electrons. The van der Waals surface area contributed by atoms with Crippen molar-refractivity contribution in [1.29, 1.82) is 0 Å². The van der Waals surface area contributed by atoms with Crippen LogP contribution in [0.25, 0.3) is 28.1 Å². The van der Waals surface area contributed by atoms with Gasteiger partial charge in [0, 0.05) is 12.1 Å². The smallest absolute Gasteiger partial charge is 0.301 e. The van der Waals surface area contributed by atoms with Crippen LogP contribution < -0.4 is 4.57 Å². The van der Waals surface area contributed by atoms with Crippen LogP contribution >= 0.6 is 0 Å². The van der Waals surface area contributed by atoms with Crippen molar-refractivity contribution < 1.29 is 4.57 Å². The van der Waals surface area contributed by atoms with E-state index in [1.807, 2.05) is 0 Å². The predicted molar refractivity (Wildman–Crippen MR) is 107 cm³/mol. The topological polar surface area (TPSA) is 27.3 Å². The average molecular weight is 347 g/mol. The summed E-state index contributed by atoms with van der Waals surface area (Å²) in [5.74, 6) is 1.16. The molecular formula is C22H27N4+. The number of imidazole rings is 2. The number of rotatable bonds is 6. The third kappa shape index (κ3) is 2.71. The summed E-state index contributed by atoms with van der Waals surface area (Å²) >= 11 is 0. The first kappa shape index (κ1) is 16.9. The normalized spacial score (nSPS) is 11.8. The number of para-hydroxylation sites is 2. The number of nitrogens with zero attached hydrogens (tertiary/aromatic N) is 3. The van der Waals surface area contributed by atoms with Crippen LogP contribution in [0.2, 0.25) is 0 Å². The Kier molecular flexibility index (Phi) is 4.51. The van der Waals surface area contributed by atoms with Gasteiger partial charge in [-0.25, -0.2) is 9.55 Å². The average Bonchev–Trinajstić information content (AvgIpc) is 3.18. The van der Waals surface area contributed by atoms with E-state index in [1.54, 1.807) is 0 Å². The third-order valence-electron chi connectivity index (χ3n) is 5.41. The largest absolute Gasteiger partial charge is 0.368 e. The maximum atomic E-state index is 3.71. The molecular weight excluding hydrogens is 320 g/mol. The lowest BCUT2D eigenvalue weighted by atomic mass is 10.1. The SMILES string of the molecule is CCN(CC)CC[n+]1c2ccccc2n2c(C)c(-c3ccccc3)[nH]c21. The quantitative estimate of drug-likeness (QED) is 0.524. The van der Waals surface area contributed by atoms with Gasteiger partial charge in [0.05, 0.1) is 6.54 Å². The van der Waals surface area contributed by atoms with Gasteiger partial charge in [-0.2, -0.15) is 4.40 Å². The number of likely N-dealkylation sites (N-methyl/N-ethyl adjacent to an activating group) is 1. The summed E-state index contributed by atoms with van der Waals surface area (Å²) in [4.78, 5) is 6.18. The van der Waals surface area contributed by atoms with Crippen molar-refractivity contribution in [2.24, 2.45) is 0 Å². The molecule has 2 aromatic heterocycles. The van der Waals surface area contributed by atoms with Crippen LogP contribution in [0.5, 0.6) is 0 Å². The summed E-state index contributed by atoms with van der Waals surface area (Å²) in [5, 5.41) is 0. The van der Waals surface area contributed by atoms with Gasteiger partial charge in [-0.1, -0.05) is 56.3 Å². The van der Waals surface area contributed by atoms with E-state index in [0.29, 0.717) is 0 Å². The Morgan fingerprint density at radius 2 is 1.65 bits per heavy atom. The Balaban J connectivity index is 1.88. The highest BCUT2D eigenvalue weighted by atomic mass is 15.2. The number of nitrogens with one attached hydrogen (secondary N) is 1. The van der Waals surface area contributed by atoms with Gasteiger partial charge < -0.3 is 4.90 Å². The van der Waals surface area contributed by atoms with Gasteiger partial charge in [0.1, 0.15) is 22.4 Å². The van der Waals surface area contributed by atoms with Crippen LogP contribution in [-0.4, -0.2) is 33.9 Å². The lowest BCUT2D eigenvalue weighted by molar-refractivity contribution is -0.647. The number of hydrogen-bond donors (Lipinski definition) is 1. The zero-order valence-electron chi connectivity index (χ0n) is 15.9. The number of aryl methyl sites for hydroxylation is 1. The van der Waals surface area contributed by atoms with Gasteiger partial charge in [0.2, 0.25) is 0 Å². The molecule has 0 spiro atoms. The zero-order valence-corrected chi connectivity index (χ0v) is 15.9. The van der Waals surface area contributed by atoms with E-state index in [-0.39, 0.29) is 0 Å². The van der Waals surface area contributed by atoms with Crippen molar-refractivity contribution in [1.82, 2.24) is 14.3 Å². The van der Waals surface area contributed by atoms with E-state index in [9.17, 15) is 0 Å². The summed E-state index contributed by atoms with van der Waals surface area (Å²) < 4.78 is 4.78. The summed E-state index contributed by atoms with van der Waals surface area (Å²) in [6.07, 6.45) is 0. The van der Waals surface area contributed by atoms with Gasteiger partial charge in [0.25, 0.3) is 0 Å². The highest BCUT2D eigenvalue weighted by Gasteiger charge is 2.25. The Bertz CT molecular complexity index is 1020. The van der Waals surface area contributed by atoms with E-state index in [0.717, 1.165) is 32.0 Å². The van der Waals surface area contributed by atoms with Crippen LogP contribution in [-0.2, 0) is 6.54 Å². The standard InChI is InChI=1S/C22H26N4/c1-4-24(5-2)15-16-25-19-13-9-10-14-20(19)26-17(3)21(23-22(25)26)18-11-7-6-8-12-18/h6-14H,4-5,15-16H2,1-3H3/p+1. The second-order valence-electron chi connectivity index (χ2n) is 6.78. The first-order valence-electron chi connectivity index (χ1n) is 9.54. The molecule has 26 heavy (non-hydrogen) atoms. The van der Waals surface area contributed by atoms with Gasteiger partial charge >= 0.3 is 5.78 Å². The van der Waals surface area contributed by atoms with Gasteiger partial charge in [-0.15, -0.1) is 0 Å². The molecule has 0 aliphatic carbocycles. The lowest BCUT2D eigenvalue weighted by Gasteiger charge is -2.16. The molecule has 0 saturated heterocycles. The third-order valence-corrected chi connectivity index (χ3v) is 5.41. The molecule has 4 nitrogen and oxygen atoms in total. The Labute approximate surface area is 154 Å². The van der Waals surface area contributed by atoms with Crippen LogP contribution in [0.1, 0.15) is 19.5 Å². The molecule has 4 heteroatoms. The fourth-order valence-corrected chi connectivity index (χ4v) is 3.90. The molecule has 2 aromatic carbocycles. The molecule has 0 fully saturated rings. The zero-order chi connectivity index (χ0) is 18.1. The van der Waals surface area contributed by atoms with Crippen molar-refractivity contribution in [2.45, 2.75) is 27.3 Å². The van der Waals surface area contributed by atoms with E-state index < -0.39 is 0 Å². The molecule has 0 radical (unpaired) electrons. The number of aromatic nitrogens is 3. The van der Waals surface area contributed by atoms with Crippen LogP contribution in [0.3, 0.4) is 0 Å². The molecule has 0 aliphatic heterocycles. The number of hydrogen-bond acceptors (Lipinski definition) is 1. The van der Waals surface area contributed by atoms with Crippen LogP contribution in [0.15, 0.2) is 54.6 Å². The number of H-pyrrole nitrogens is 1. The van der Waals surface area contributed by atoms with Crippen LogP contribution in [0.4, 0.5) is 0 Å². The lowest BCUT2D eigenvalue weighted by Crippen LogP contribution is -2.40. The highest BCUT2D eigenvalue weighted by Crippen LogP contribution is 2.26. The van der Waals surface area contributed by atoms with E-state index >= 15 is 0 Å². The molecule has 0 bridgehead atoms. The van der Waals surface area contributed by atoms with Crippen molar-refractivity contribution in [2.75, 3.05) is 19.6 Å². The number of aromatic amines is 1. The minimum atomic E-state index is 0.979. The second kappa shape index (κ2) is 6.96.